The molecule has 1 saturated carbocycles. The van der Waals surface area contributed by atoms with Gasteiger partial charge in [-0.25, -0.2) is 0 Å². The van der Waals surface area contributed by atoms with Crippen molar-refractivity contribution in [2.24, 2.45) is 11.8 Å². The lowest BCUT2D eigenvalue weighted by molar-refractivity contribution is -0.0951. The summed E-state index contributed by atoms with van der Waals surface area (Å²) in [5.41, 5.74) is 0. The number of rotatable bonds is 4. The fourth-order valence-corrected chi connectivity index (χ4v) is 3.12. The van der Waals surface area contributed by atoms with E-state index in [2.05, 4.69) is 0 Å². The maximum atomic E-state index is 9.92. The molecule has 4 nitrogen and oxygen atoms in total. The summed E-state index contributed by atoms with van der Waals surface area (Å²) in [5, 5.41) is 28.9. The SMILES string of the molecule is CC[C@H](O)CC[C@H]1C(O)C[C@@H]2OC(O)C[C@@H]21. The molecule has 0 amide bonds. The molecule has 0 spiro atoms. The molecular formula is C12H22O4. The van der Waals surface area contributed by atoms with E-state index in [9.17, 15) is 15.3 Å². The van der Waals surface area contributed by atoms with Gasteiger partial charge in [0.25, 0.3) is 0 Å². The van der Waals surface area contributed by atoms with Crippen LogP contribution in [0.4, 0.5) is 0 Å². The predicted octanol–water partition coefficient (Wildman–Crippen LogP) is 0.642. The van der Waals surface area contributed by atoms with Gasteiger partial charge in [0.2, 0.25) is 0 Å². The van der Waals surface area contributed by atoms with E-state index in [4.69, 9.17) is 4.74 Å². The van der Waals surface area contributed by atoms with Gasteiger partial charge >= 0.3 is 0 Å². The molecule has 2 aliphatic rings. The van der Waals surface area contributed by atoms with Gasteiger partial charge in [-0.1, -0.05) is 6.92 Å². The molecule has 0 bridgehead atoms. The molecule has 1 saturated heterocycles. The second-order valence-corrected chi connectivity index (χ2v) is 5.14. The Balaban J connectivity index is 1.88. The van der Waals surface area contributed by atoms with E-state index in [-0.39, 0.29) is 30.1 Å². The van der Waals surface area contributed by atoms with Crippen molar-refractivity contribution in [2.45, 2.75) is 63.6 Å². The number of hydrogen-bond acceptors (Lipinski definition) is 4. The van der Waals surface area contributed by atoms with E-state index >= 15 is 0 Å². The summed E-state index contributed by atoms with van der Waals surface area (Å²) in [6.45, 7) is 1.96. The lowest BCUT2D eigenvalue weighted by Gasteiger charge is -2.21. The second kappa shape index (κ2) is 5.00. The first-order valence-corrected chi connectivity index (χ1v) is 6.31. The molecule has 1 aliphatic heterocycles. The van der Waals surface area contributed by atoms with Gasteiger partial charge in [0.05, 0.1) is 18.3 Å². The van der Waals surface area contributed by atoms with Crippen molar-refractivity contribution in [3.8, 4) is 0 Å². The molecule has 2 fully saturated rings. The van der Waals surface area contributed by atoms with Crippen molar-refractivity contribution in [1.29, 1.82) is 0 Å². The Hall–Kier alpha value is -0.160. The summed E-state index contributed by atoms with van der Waals surface area (Å²) >= 11 is 0. The van der Waals surface area contributed by atoms with Gasteiger partial charge in [-0.3, -0.25) is 0 Å². The van der Waals surface area contributed by atoms with Gasteiger partial charge in [-0.15, -0.1) is 0 Å². The van der Waals surface area contributed by atoms with Crippen LogP contribution in [0.5, 0.6) is 0 Å². The van der Waals surface area contributed by atoms with E-state index in [1.807, 2.05) is 6.92 Å². The highest BCUT2D eigenvalue weighted by molar-refractivity contribution is 4.95. The zero-order valence-corrected chi connectivity index (χ0v) is 9.75. The number of aliphatic hydroxyl groups is 3. The van der Waals surface area contributed by atoms with Crippen LogP contribution in [-0.4, -0.2) is 39.9 Å². The topological polar surface area (TPSA) is 69.9 Å². The first-order chi connectivity index (χ1) is 7.61. The Morgan fingerprint density at radius 1 is 1.31 bits per heavy atom. The monoisotopic (exact) mass is 230 g/mol. The third kappa shape index (κ3) is 2.40. The van der Waals surface area contributed by atoms with Gasteiger partial charge in [0, 0.05) is 12.8 Å². The zero-order valence-electron chi connectivity index (χ0n) is 9.75. The number of hydrogen-bond donors (Lipinski definition) is 3. The van der Waals surface area contributed by atoms with Crippen molar-refractivity contribution in [2.75, 3.05) is 0 Å². The fraction of sp³-hybridized carbons (Fsp3) is 1.00. The van der Waals surface area contributed by atoms with Crippen LogP contribution in [0.15, 0.2) is 0 Å². The summed E-state index contributed by atoms with van der Waals surface area (Å²) in [7, 11) is 0. The molecule has 0 radical (unpaired) electrons. The quantitative estimate of drug-likeness (QED) is 0.663. The molecule has 1 aliphatic carbocycles. The van der Waals surface area contributed by atoms with Crippen LogP contribution in [0, 0.1) is 11.8 Å². The van der Waals surface area contributed by atoms with Crippen LogP contribution in [0.3, 0.4) is 0 Å². The molecule has 1 heterocycles. The first-order valence-electron chi connectivity index (χ1n) is 6.31. The van der Waals surface area contributed by atoms with Crippen molar-refractivity contribution in [3.05, 3.63) is 0 Å². The molecule has 6 atom stereocenters. The third-order valence-electron chi connectivity index (χ3n) is 4.11. The van der Waals surface area contributed by atoms with Crippen LogP contribution in [0.25, 0.3) is 0 Å². The van der Waals surface area contributed by atoms with E-state index in [0.717, 1.165) is 19.3 Å². The smallest absolute Gasteiger partial charge is 0.155 e. The minimum Gasteiger partial charge on any atom is -0.393 e. The van der Waals surface area contributed by atoms with Crippen LogP contribution in [0.1, 0.15) is 39.0 Å². The maximum Gasteiger partial charge on any atom is 0.155 e. The highest BCUT2D eigenvalue weighted by Gasteiger charge is 2.48. The van der Waals surface area contributed by atoms with Crippen LogP contribution in [-0.2, 0) is 4.74 Å². The van der Waals surface area contributed by atoms with Crippen molar-refractivity contribution < 1.29 is 20.1 Å². The molecule has 3 N–H and O–H groups in total. The minimum atomic E-state index is -0.652. The number of aliphatic hydroxyl groups excluding tert-OH is 3. The second-order valence-electron chi connectivity index (χ2n) is 5.14. The average molecular weight is 230 g/mol. The van der Waals surface area contributed by atoms with Gasteiger partial charge in [0.15, 0.2) is 6.29 Å². The normalized spacial score (nSPS) is 44.6. The Morgan fingerprint density at radius 3 is 2.75 bits per heavy atom. The van der Waals surface area contributed by atoms with Crippen molar-refractivity contribution >= 4 is 0 Å². The van der Waals surface area contributed by atoms with Crippen LogP contribution >= 0.6 is 0 Å². The van der Waals surface area contributed by atoms with E-state index in [1.165, 1.54) is 0 Å². The molecule has 2 unspecified atom stereocenters. The molecule has 0 aromatic carbocycles. The largest absolute Gasteiger partial charge is 0.393 e. The van der Waals surface area contributed by atoms with Gasteiger partial charge < -0.3 is 20.1 Å². The summed E-state index contributed by atoms with van der Waals surface area (Å²) in [4.78, 5) is 0. The van der Waals surface area contributed by atoms with Crippen molar-refractivity contribution in [3.63, 3.8) is 0 Å². The van der Waals surface area contributed by atoms with Crippen molar-refractivity contribution in [1.82, 2.24) is 0 Å². The average Bonchev–Trinajstić information content (AvgIpc) is 2.71. The van der Waals surface area contributed by atoms with Crippen LogP contribution < -0.4 is 0 Å². The summed E-state index contributed by atoms with van der Waals surface area (Å²) in [6, 6.07) is 0. The molecule has 0 aromatic rings. The Labute approximate surface area is 96.2 Å². The summed E-state index contributed by atoms with van der Waals surface area (Å²) < 4.78 is 5.35. The fourth-order valence-electron chi connectivity index (χ4n) is 3.12. The highest BCUT2D eigenvalue weighted by Crippen LogP contribution is 2.44. The number of fused-ring (bicyclic) bond motifs is 1. The lowest BCUT2D eigenvalue weighted by atomic mass is 9.87. The highest BCUT2D eigenvalue weighted by atomic mass is 16.6. The number of ether oxygens (including phenoxy) is 1. The summed E-state index contributed by atoms with van der Waals surface area (Å²) in [5.74, 6) is 0.456. The van der Waals surface area contributed by atoms with E-state index in [1.54, 1.807) is 0 Å². The minimum absolute atomic E-state index is 0.0220. The molecular weight excluding hydrogens is 208 g/mol. The Bertz CT molecular complexity index is 233. The van der Waals surface area contributed by atoms with Gasteiger partial charge in [0.1, 0.15) is 0 Å². The summed E-state index contributed by atoms with van der Waals surface area (Å²) in [6.07, 6.45) is 2.37. The Morgan fingerprint density at radius 2 is 2.06 bits per heavy atom. The van der Waals surface area contributed by atoms with Gasteiger partial charge in [-0.2, -0.15) is 0 Å². The first kappa shape index (κ1) is 12.3. The van der Waals surface area contributed by atoms with Gasteiger partial charge in [-0.05, 0) is 31.1 Å². The molecule has 4 heteroatoms. The third-order valence-corrected chi connectivity index (χ3v) is 4.11. The van der Waals surface area contributed by atoms with Crippen LogP contribution in [0.2, 0.25) is 0 Å². The standard InChI is InChI=1S/C12H22O4/c1-2-7(13)3-4-8-9-5-12(15)16-11(9)6-10(8)14/h7-15H,2-6H2,1H3/t7-,8+,9+,10?,11-,12?/m0/s1. The van der Waals surface area contributed by atoms with E-state index < -0.39 is 6.29 Å². The maximum absolute atomic E-state index is 9.92. The molecule has 2 rings (SSSR count). The predicted molar refractivity (Wildman–Crippen MR) is 58.6 cm³/mol. The molecule has 0 aromatic heterocycles. The molecule has 16 heavy (non-hydrogen) atoms. The molecule has 94 valence electrons. The van der Waals surface area contributed by atoms with E-state index in [0.29, 0.717) is 12.8 Å². The Kier molecular flexibility index (Phi) is 3.85. The lowest BCUT2D eigenvalue weighted by Crippen LogP contribution is -2.22. The zero-order chi connectivity index (χ0) is 11.7.